The number of hydrogen-bond acceptors (Lipinski definition) is 6. The molecule has 2 N–H and O–H groups in total. The fraction of sp³-hybridized carbons (Fsp3) is 0.500. The molecule has 8 heteroatoms. The van der Waals surface area contributed by atoms with Crippen molar-refractivity contribution in [3.63, 3.8) is 0 Å². The molecule has 1 aliphatic rings. The summed E-state index contributed by atoms with van der Waals surface area (Å²) in [6, 6.07) is 0.180. The molecule has 0 spiro atoms. The highest BCUT2D eigenvalue weighted by Gasteiger charge is 2.22. The van der Waals surface area contributed by atoms with E-state index in [-0.39, 0.29) is 11.9 Å². The maximum absolute atomic E-state index is 12.1. The highest BCUT2D eigenvalue weighted by molar-refractivity contribution is 7.09. The number of nitrogens with one attached hydrogen (secondary N) is 2. The van der Waals surface area contributed by atoms with Crippen molar-refractivity contribution in [1.82, 2.24) is 30.6 Å². The molecule has 106 valence electrons. The third-order valence-corrected chi connectivity index (χ3v) is 4.38. The van der Waals surface area contributed by atoms with Gasteiger partial charge in [0.25, 0.3) is 5.91 Å². The largest absolute Gasteiger partial charge is 0.342 e. The van der Waals surface area contributed by atoms with Crippen molar-refractivity contribution in [2.24, 2.45) is 0 Å². The molecule has 1 aliphatic heterocycles. The molecule has 7 nitrogen and oxygen atoms in total. The van der Waals surface area contributed by atoms with Crippen LogP contribution in [0.3, 0.4) is 0 Å². The molecule has 0 saturated carbocycles. The van der Waals surface area contributed by atoms with Crippen molar-refractivity contribution in [2.75, 3.05) is 13.1 Å². The predicted octanol–water partition coefficient (Wildman–Crippen LogP) is 0.678. The first kappa shape index (κ1) is 13.2. The number of aromatic nitrogens is 4. The molecule has 20 heavy (non-hydrogen) atoms. The second kappa shape index (κ2) is 5.29. The summed E-state index contributed by atoms with van der Waals surface area (Å²) in [4.78, 5) is 16.5. The fourth-order valence-electron chi connectivity index (χ4n) is 1.92. The zero-order valence-electron chi connectivity index (χ0n) is 11.3. The molecular formula is C12H16N6OS. The Bertz CT molecular complexity index is 617. The molecule has 3 heterocycles. The summed E-state index contributed by atoms with van der Waals surface area (Å²) in [5.41, 5.74) is 1.31. The van der Waals surface area contributed by atoms with E-state index in [4.69, 9.17) is 0 Å². The average molecular weight is 292 g/mol. The number of thiazole rings is 1. The van der Waals surface area contributed by atoms with Crippen LogP contribution in [-0.2, 0) is 0 Å². The lowest BCUT2D eigenvalue weighted by Gasteiger charge is -2.26. The van der Waals surface area contributed by atoms with Crippen molar-refractivity contribution in [3.8, 4) is 0 Å². The highest BCUT2D eigenvalue weighted by Crippen LogP contribution is 2.18. The van der Waals surface area contributed by atoms with E-state index < -0.39 is 0 Å². The van der Waals surface area contributed by atoms with E-state index in [2.05, 4.69) is 25.9 Å². The van der Waals surface area contributed by atoms with Gasteiger partial charge in [0.1, 0.15) is 5.01 Å². The maximum atomic E-state index is 12.1. The van der Waals surface area contributed by atoms with Crippen molar-refractivity contribution in [1.29, 1.82) is 0 Å². The standard InChI is InChI=1S/C12H16N6OS/c1-7-6-20-12(14-7)8(2)15-11(19)10-5-18(17-16-10)9-3-13-4-9/h5-6,8-9,13H,3-4H2,1-2H3,(H,15,19). The van der Waals surface area contributed by atoms with Crippen LogP contribution in [0.4, 0.5) is 0 Å². The first-order valence-electron chi connectivity index (χ1n) is 6.49. The summed E-state index contributed by atoms with van der Waals surface area (Å²) in [6.07, 6.45) is 1.70. The average Bonchev–Trinajstić information content (AvgIpc) is 2.96. The Morgan fingerprint density at radius 1 is 1.60 bits per heavy atom. The Balaban J connectivity index is 1.65. The van der Waals surface area contributed by atoms with E-state index in [9.17, 15) is 4.79 Å². The monoisotopic (exact) mass is 292 g/mol. The van der Waals surface area contributed by atoms with Crippen LogP contribution in [-0.4, -0.2) is 39.0 Å². The third-order valence-electron chi connectivity index (χ3n) is 3.23. The molecule has 1 unspecified atom stereocenters. The van der Waals surface area contributed by atoms with Gasteiger partial charge in [-0.2, -0.15) is 0 Å². The van der Waals surface area contributed by atoms with E-state index in [1.807, 2.05) is 19.2 Å². The Morgan fingerprint density at radius 3 is 3.00 bits per heavy atom. The van der Waals surface area contributed by atoms with E-state index in [1.54, 1.807) is 22.2 Å². The van der Waals surface area contributed by atoms with Gasteiger partial charge in [0, 0.05) is 24.2 Å². The molecular weight excluding hydrogens is 276 g/mol. The summed E-state index contributed by atoms with van der Waals surface area (Å²) < 4.78 is 1.74. The minimum atomic E-state index is -0.219. The lowest BCUT2D eigenvalue weighted by molar-refractivity contribution is 0.0934. The van der Waals surface area contributed by atoms with Crippen molar-refractivity contribution in [2.45, 2.75) is 25.9 Å². The Morgan fingerprint density at radius 2 is 2.40 bits per heavy atom. The Labute approximate surface area is 120 Å². The van der Waals surface area contributed by atoms with Gasteiger partial charge in [-0.1, -0.05) is 5.21 Å². The van der Waals surface area contributed by atoms with Gasteiger partial charge in [0.2, 0.25) is 0 Å². The van der Waals surface area contributed by atoms with E-state index in [0.717, 1.165) is 23.8 Å². The second-order valence-corrected chi connectivity index (χ2v) is 5.81. The molecule has 1 saturated heterocycles. The van der Waals surface area contributed by atoms with Crippen LogP contribution in [0.1, 0.15) is 40.2 Å². The highest BCUT2D eigenvalue weighted by atomic mass is 32.1. The van der Waals surface area contributed by atoms with Gasteiger partial charge in [-0.15, -0.1) is 16.4 Å². The minimum absolute atomic E-state index is 0.128. The summed E-state index contributed by atoms with van der Waals surface area (Å²) >= 11 is 1.54. The molecule has 0 aromatic carbocycles. The molecule has 1 amide bonds. The first-order chi connectivity index (χ1) is 9.63. The second-order valence-electron chi connectivity index (χ2n) is 4.92. The molecule has 2 aromatic heterocycles. The SMILES string of the molecule is Cc1csc(C(C)NC(=O)c2cn(C3CNC3)nn2)n1. The van der Waals surface area contributed by atoms with Crippen molar-refractivity contribution < 1.29 is 4.79 Å². The van der Waals surface area contributed by atoms with E-state index >= 15 is 0 Å². The van der Waals surface area contributed by atoms with E-state index in [0.29, 0.717) is 11.7 Å². The fourth-order valence-corrected chi connectivity index (χ4v) is 2.73. The van der Waals surface area contributed by atoms with E-state index in [1.165, 1.54) is 0 Å². The molecule has 0 radical (unpaired) electrons. The molecule has 1 fully saturated rings. The van der Waals surface area contributed by atoms with Gasteiger partial charge in [-0.25, -0.2) is 9.67 Å². The van der Waals surface area contributed by atoms with Crippen LogP contribution in [0.5, 0.6) is 0 Å². The molecule has 0 bridgehead atoms. The molecule has 3 rings (SSSR count). The minimum Gasteiger partial charge on any atom is -0.342 e. The molecule has 2 aromatic rings. The van der Waals surface area contributed by atoms with Gasteiger partial charge in [-0.3, -0.25) is 4.79 Å². The summed E-state index contributed by atoms with van der Waals surface area (Å²) in [6.45, 7) is 5.60. The number of carbonyl (C=O) groups is 1. The number of carbonyl (C=O) groups excluding carboxylic acids is 1. The summed E-state index contributed by atoms with van der Waals surface area (Å²) in [7, 11) is 0. The van der Waals surface area contributed by atoms with Crippen molar-refractivity contribution in [3.05, 3.63) is 28.0 Å². The van der Waals surface area contributed by atoms with Crippen molar-refractivity contribution >= 4 is 17.2 Å². The van der Waals surface area contributed by atoms with Gasteiger partial charge in [-0.05, 0) is 13.8 Å². The lowest BCUT2D eigenvalue weighted by Crippen LogP contribution is -2.43. The van der Waals surface area contributed by atoms with Crippen LogP contribution < -0.4 is 10.6 Å². The van der Waals surface area contributed by atoms with Gasteiger partial charge in [0.05, 0.1) is 18.3 Å². The van der Waals surface area contributed by atoms with Gasteiger partial charge < -0.3 is 10.6 Å². The smallest absolute Gasteiger partial charge is 0.274 e. The molecule has 0 aliphatic carbocycles. The quantitative estimate of drug-likeness (QED) is 0.865. The number of amides is 1. The Kier molecular flexibility index (Phi) is 3.49. The van der Waals surface area contributed by atoms with Gasteiger partial charge >= 0.3 is 0 Å². The molecule has 1 atom stereocenters. The zero-order valence-corrected chi connectivity index (χ0v) is 12.1. The maximum Gasteiger partial charge on any atom is 0.274 e. The van der Waals surface area contributed by atoms with Gasteiger partial charge in [0.15, 0.2) is 5.69 Å². The number of rotatable bonds is 4. The van der Waals surface area contributed by atoms with Crippen LogP contribution >= 0.6 is 11.3 Å². The topological polar surface area (TPSA) is 84.7 Å². The summed E-state index contributed by atoms with van der Waals surface area (Å²) in [5, 5.41) is 16.8. The lowest BCUT2D eigenvalue weighted by atomic mass is 10.2. The Hall–Kier alpha value is -1.80. The number of hydrogen-bond donors (Lipinski definition) is 2. The third kappa shape index (κ3) is 2.56. The first-order valence-corrected chi connectivity index (χ1v) is 7.37. The van der Waals surface area contributed by atoms with Crippen LogP contribution in [0.25, 0.3) is 0 Å². The van der Waals surface area contributed by atoms with Crippen LogP contribution in [0.15, 0.2) is 11.6 Å². The number of nitrogens with zero attached hydrogens (tertiary/aromatic N) is 4. The van der Waals surface area contributed by atoms with Crippen LogP contribution in [0.2, 0.25) is 0 Å². The zero-order chi connectivity index (χ0) is 14.1. The number of aryl methyl sites for hydroxylation is 1. The normalized spacial score (nSPS) is 16.7. The predicted molar refractivity (Wildman–Crippen MR) is 74.7 cm³/mol. The summed E-state index contributed by atoms with van der Waals surface area (Å²) in [5.74, 6) is -0.219. The van der Waals surface area contributed by atoms with Crippen LogP contribution in [0, 0.1) is 6.92 Å².